The van der Waals surface area contributed by atoms with Crippen molar-refractivity contribution in [1.29, 1.82) is 0 Å². The molecule has 2 rings (SSSR count). The van der Waals surface area contributed by atoms with Crippen LogP contribution in [-0.2, 0) is 6.54 Å². The fourth-order valence-electron chi connectivity index (χ4n) is 2.05. The second-order valence-corrected chi connectivity index (χ2v) is 5.75. The van der Waals surface area contributed by atoms with E-state index in [4.69, 9.17) is 22.7 Å². The number of hydrogen-bond acceptors (Lipinski definition) is 7. The Balaban J connectivity index is 2.12. The number of anilines is 2. The molecule has 0 aliphatic carbocycles. The number of nitrogens with zero attached hydrogens (tertiary/aromatic N) is 4. The van der Waals surface area contributed by atoms with Gasteiger partial charge in [0.05, 0.1) is 18.9 Å². The van der Waals surface area contributed by atoms with Crippen molar-refractivity contribution in [2.45, 2.75) is 6.54 Å². The zero-order valence-corrected chi connectivity index (χ0v) is 15.2. The van der Waals surface area contributed by atoms with Crippen LogP contribution < -0.4 is 26.1 Å². The van der Waals surface area contributed by atoms with Crippen LogP contribution in [0.2, 0.25) is 0 Å². The lowest BCUT2D eigenvalue weighted by Crippen LogP contribution is -2.24. The maximum atomic E-state index is 5.34. The summed E-state index contributed by atoms with van der Waals surface area (Å²) < 4.78 is 5.22. The molecule has 8 nitrogen and oxygen atoms in total. The molecule has 0 atom stereocenters. The normalized spacial score (nSPS) is 10.5. The quantitative estimate of drug-likeness (QED) is 0.387. The molecule has 132 valence electrons. The molecule has 0 saturated heterocycles. The van der Waals surface area contributed by atoms with Gasteiger partial charge in [0.15, 0.2) is 5.11 Å². The molecule has 1 aromatic carbocycles. The van der Waals surface area contributed by atoms with E-state index in [1.165, 1.54) is 0 Å². The molecule has 0 bridgehead atoms. The predicted octanol–water partition coefficient (Wildman–Crippen LogP) is 1.33. The zero-order valence-electron chi connectivity index (χ0n) is 14.4. The third kappa shape index (κ3) is 5.57. The highest BCUT2D eigenvalue weighted by Gasteiger charge is 2.08. The first-order chi connectivity index (χ1) is 12.0. The zero-order chi connectivity index (χ0) is 18.2. The average molecular weight is 359 g/mol. The molecule has 0 radical (unpaired) electrons. The highest BCUT2D eigenvalue weighted by molar-refractivity contribution is 7.80. The molecule has 4 N–H and O–H groups in total. The molecule has 1 heterocycles. The van der Waals surface area contributed by atoms with Crippen molar-refractivity contribution in [3.8, 4) is 5.75 Å². The number of nitrogens with two attached hydrogens (primary N) is 1. The number of aromatic nitrogens is 2. The van der Waals surface area contributed by atoms with E-state index in [0.717, 1.165) is 22.7 Å². The van der Waals surface area contributed by atoms with Crippen LogP contribution in [0.4, 0.5) is 11.8 Å². The Hall–Kier alpha value is -2.94. The average Bonchev–Trinajstić information content (AvgIpc) is 2.60. The van der Waals surface area contributed by atoms with Gasteiger partial charge in [0, 0.05) is 26.8 Å². The molecule has 25 heavy (non-hydrogen) atoms. The van der Waals surface area contributed by atoms with Crippen LogP contribution >= 0.6 is 12.2 Å². The summed E-state index contributed by atoms with van der Waals surface area (Å²) in [5.74, 6) is 2.05. The lowest BCUT2D eigenvalue weighted by atomic mass is 10.2. The van der Waals surface area contributed by atoms with Crippen molar-refractivity contribution in [3.05, 3.63) is 41.6 Å². The maximum absolute atomic E-state index is 5.34. The van der Waals surface area contributed by atoms with Gasteiger partial charge in [-0.1, -0.05) is 12.1 Å². The Morgan fingerprint density at radius 3 is 2.92 bits per heavy atom. The first kappa shape index (κ1) is 18.4. The molecule has 0 unspecified atom stereocenters. The molecule has 2 aromatic rings. The van der Waals surface area contributed by atoms with E-state index in [1.807, 2.05) is 43.3 Å². The Labute approximate surface area is 152 Å². The van der Waals surface area contributed by atoms with Crippen LogP contribution in [0.1, 0.15) is 11.1 Å². The monoisotopic (exact) mass is 359 g/mol. The van der Waals surface area contributed by atoms with Gasteiger partial charge in [-0.05, 0) is 29.9 Å². The fourth-order valence-corrected chi connectivity index (χ4v) is 2.10. The molecular formula is C16H21N7OS. The molecule has 0 aliphatic heterocycles. The van der Waals surface area contributed by atoms with E-state index in [1.54, 1.807) is 19.5 Å². The summed E-state index contributed by atoms with van der Waals surface area (Å²) in [7, 11) is 5.44. The number of thiocarbonyl (C=S) groups is 1. The molecule has 9 heteroatoms. The summed E-state index contributed by atoms with van der Waals surface area (Å²) in [6, 6.07) is 7.81. The van der Waals surface area contributed by atoms with Gasteiger partial charge in [-0.15, -0.1) is 0 Å². The summed E-state index contributed by atoms with van der Waals surface area (Å²) in [4.78, 5) is 10.7. The first-order valence-corrected chi connectivity index (χ1v) is 7.90. The van der Waals surface area contributed by atoms with Crippen molar-refractivity contribution < 1.29 is 4.74 Å². The van der Waals surface area contributed by atoms with Crippen LogP contribution in [0.5, 0.6) is 5.75 Å². The lowest BCUT2D eigenvalue weighted by Gasteiger charge is -2.15. The van der Waals surface area contributed by atoms with Crippen LogP contribution in [0.25, 0.3) is 0 Å². The lowest BCUT2D eigenvalue weighted by molar-refractivity contribution is 0.414. The molecule has 0 fully saturated rings. The highest BCUT2D eigenvalue weighted by Crippen LogP contribution is 2.17. The van der Waals surface area contributed by atoms with Gasteiger partial charge in [-0.3, -0.25) is 5.43 Å². The van der Waals surface area contributed by atoms with E-state index in [0.29, 0.717) is 12.5 Å². The van der Waals surface area contributed by atoms with E-state index in [2.05, 4.69) is 25.8 Å². The number of ether oxygens (including phenoxy) is 1. The Morgan fingerprint density at radius 2 is 2.24 bits per heavy atom. The summed E-state index contributed by atoms with van der Waals surface area (Å²) in [5, 5.41) is 7.25. The molecular weight excluding hydrogens is 338 g/mol. The summed E-state index contributed by atoms with van der Waals surface area (Å²) in [6.07, 6.45) is 3.25. The van der Waals surface area contributed by atoms with Crippen molar-refractivity contribution in [2.24, 2.45) is 10.8 Å². The third-order valence-corrected chi connectivity index (χ3v) is 3.27. The van der Waals surface area contributed by atoms with Crippen LogP contribution in [0.3, 0.4) is 0 Å². The van der Waals surface area contributed by atoms with E-state index in [-0.39, 0.29) is 5.11 Å². The van der Waals surface area contributed by atoms with Gasteiger partial charge in [0.25, 0.3) is 0 Å². The second-order valence-electron chi connectivity index (χ2n) is 5.31. The molecule has 1 aromatic heterocycles. The highest BCUT2D eigenvalue weighted by atomic mass is 32.1. The van der Waals surface area contributed by atoms with Gasteiger partial charge >= 0.3 is 0 Å². The summed E-state index contributed by atoms with van der Waals surface area (Å²) in [5.41, 5.74) is 9.66. The third-order valence-electron chi connectivity index (χ3n) is 3.18. The van der Waals surface area contributed by atoms with Crippen LogP contribution in [0, 0.1) is 0 Å². The molecule has 0 spiro atoms. The van der Waals surface area contributed by atoms with Crippen LogP contribution in [0.15, 0.2) is 35.6 Å². The summed E-state index contributed by atoms with van der Waals surface area (Å²) in [6.45, 7) is 0.584. The molecule has 0 aliphatic rings. The van der Waals surface area contributed by atoms with E-state index in [9.17, 15) is 0 Å². The topological polar surface area (TPSA) is 101 Å². The predicted molar refractivity (Wildman–Crippen MR) is 104 cm³/mol. The Bertz CT molecular complexity index is 764. The second kappa shape index (κ2) is 8.78. The van der Waals surface area contributed by atoms with Gasteiger partial charge in [-0.25, -0.2) is 4.98 Å². The number of rotatable bonds is 7. The number of hydrogen-bond donors (Lipinski definition) is 3. The van der Waals surface area contributed by atoms with E-state index < -0.39 is 0 Å². The number of benzene rings is 1. The standard InChI is InChI=1S/C16H21N7OS/c1-23(2)14-12(10-20-22-15(17)25)9-19-16(21-14)18-8-11-5-4-6-13(7-11)24-3/h4-7,9-10H,8H2,1-3H3,(H3,17,22,25)(H,18,19,21). The van der Waals surface area contributed by atoms with Crippen molar-refractivity contribution in [1.82, 2.24) is 15.4 Å². The van der Waals surface area contributed by atoms with Crippen molar-refractivity contribution in [3.63, 3.8) is 0 Å². The van der Waals surface area contributed by atoms with E-state index >= 15 is 0 Å². The minimum atomic E-state index is 0.0974. The van der Waals surface area contributed by atoms with Gasteiger partial charge in [0.1, 0.15) is 11.6 Å². The van der Waals surface area contributed by atoms with Crippen molar-refractivity contribution in [2.75, 3.05) is 31.4 Å². The first-order valence-electron chi connectivity index (χ1n) is 7.49. The Morgan fingerprint density at radius 1 is 1.44 bits per heavy atom. The number of hydrazone groups is 1. The molecule has 0 amide bonds. The summed E-state index contributed by atoms with van der Waals surface area (Å²) >= 11 is 4.71. The van der Waals surface area contributed by atoms with Gasteiger partial charge in [0.2, 0.25) is 5.95 Å². The minimum Gasteiger partial charge on any atom is -0.497 e. The molecule has 0 saturated carbocycles. The number of nitrogens with one attached hydrogen (secondary N) is 2. The van der Waals surface area contributed by atoms with Gasteiger partial charge < -0.3 is 20.7 Å². The number of methoxy groups -OCH3 is 1. The largest absolute Gasteiger partial charge is 0.497 e. The fraction of sp³-hybridized carbons (Fsp3) is 0.250. The van der Waals surface area contributed by atoms with Crippen LogP contribution in [-0.4, -0.2) is 42.5 Å². The smallest absolute Gasteiger partial charge is 0.224 e. The van der Waals surface area contributed by atoms with Crippen molar-refractivity contribution >= 4 is 35.3 Å². The van der Waals surface area contributed by atoms with Gasteiger partial charge in [-0.2, -0.15) is 10.1 Å². The minimum absolute atomic E-state index is 0.0974. The SMILES string of the molecule is COc1cccc(CNc2ncc(C=NNC(N)=S)c(N(C)C)n2)c1. The Kier molecular flexibility index (Phi) is 6.47. The maximum Gasteiger partial charge on any atom is 0.224 e.